The second-order valence-corrected chi connectivity index (χ2v) is 11.1. The molecule has 180 valence electrons. The molecular weight excluding hydrogens is 438 g/mol. The van der Waals surface area contributed by atoms with Crippen LogP contribution in [0, 0.1) is 13.8 Å². The maximum Gasteiger partial charge on any atom is 0.246 e. The molecule has 2 aliphatic heterocycles. The minimum atomic E-state index is -3.52. The van der Waals surface area contributed by atoms with Crippen molar-refractivity contribution in [1.29, 1.82) is 0 Å². The number of hydrogen-bond donors (Lipinski definition) is 1. The number of piperidine rings is 1. The highest BCUT2D eigenvalue weighted by molar-refractivity contribution is 7.89. The summed E-state index contributed by atoms with van der Waals surface area (Å²) < 4.78 is 29.3. The summed E-state index contributed by atoms with van der Waals surface area (Å²) in [6.45, 7) is 7.91. The Hall–Kier alpha value is -2.23. The topological polar surface area (TPSA) is 87.5 Å². The molecule has 0 bridgehead atoms. The summed E-state index contributed by atoms with van der Waals surface area (Å²) in [5.41, 5.74) is 2.43. The molecule has 0 saturated carbocycles. The van der Waals surface area contributed by atoms with Gasteiger partial charge in [0.2, 0.25) is 15.9 Å². The van der Waals surface area contributed by atoms with Crippen LogP contribution in [-0.4, -0.2) is 65.5 Å². The van der Waals surface area contributed by atoms with Crippen LogP contribution in [0.4, 0.5) is 0 Å². The molecule has 1 aromatic carbocycles. The Bertz CT molecular complexity index is 1050. The number of carbonyl (C=O) groups is 1. The van der Waals surface area contributed by atoms with Crippen molar-refractivity contribution in [2.45, 2.75) is 70.0 Å². The van der Waals surface area contributed by atoms with Gasteiger partial charge in [0.05, 0.1) is 17.9 Å². The second-order valence-electron chi connectivity index (χ2n) is 9.19. The molecule has 0 spiro atoms. The van der Waals surface area contributed by atoms with E-state index >= 15 is 0 Å². The molecule has 4 rings (SSSR count). The summed E-state index contributed by atoms with van der Waals surface area (Å²) >= 11 is 0. The van der Waals surface area contributed by atoms with Crippen molar-refractivity contribution in [2.75, 3.05) is 26.2 Å². The molecule has 2 aliphatic rings. The van der Waals surface area contributed by atoms with E-state index in [0.29, 0.717) is 35.9 Å². The van der Waals surface area contributed by atoms with Crippen LogP contribution < -0.4 is 5.32 Å². The van der Waals surface area contributed by atoms with Crippen molar-refractivity contribution in [1.82, 2.24) is 24.3 Å². The minimum Gasteiger partial charge on any atom is -0.353 e. The van der Waals surface area contributed by atoms with Crippen molar-refractivity contribution < 1.29 is 13.2 Å². The highest BCUT2D eigenvalue weighted by Gasteiger charge is 2.32. The fourth-order valence-electron chi connectivity index (χ4n) is 4.91. The summed E-state index contributed by atoms with van der Waals surface area (Å²) in [6, 6.07) is 10.6. The van der Waals surface area contributed by atoms with Gasteiger partial charge in [-0.3, -0.25) is 14.4 Å². The third-order valence-electron chi connectivity index (χ3n) is 6.73. The first-order valence-electron chi connectivity index (χ1n) is 11.9. The van der Waals surface area contributed by atoms with Gasteiger partial charge in [0.25, 0.3) is 0 Å². The minimum absolute atomic E-state index is 0.00647. The van der Waals surface area contributed by atoms with E-state index in [-0.39, 0.29) is 18.4 Å². The quantitative estimate of drug-likeness (QED) is 0.636. The second kappa shape index (κ2) is 10.4. The highest BCUT2D eigenvalue weighted by atomic mass is 32.2. The molecule has 1 amide bonds. The zero-order valence-electron chi connectivity index (χ0n) is 19.7. The maximum atomic E-state index is 13.0. The summed E-state index contributed by atoms with van der Waals surface area (Å²) in [4.78, 5) is 15.3. The number of aromatic nitrogens is 2. The number of carbonyl (C=O) groups excluding carboxylic acids is 1. The Labute approximate surface area is 197 Å². The number of rotatable bonds is 8. The van der Waals surface area contributed by atoms with Crippen LogP contribution >= 0.6 is 0 Å². The van der Waals surface area contributed by atoms with Crippen LogP contribution in [0.1, 0.15) is 49.1 Å². The van der Waals surface area contributed by atoms with Crippen LogP contribution in [0.2, 0.25) is 0 Å². The Morgan fingerprint density at radius 2 is 1.73 bits per heavy atom. The number of nitrogens with zero attached hydrogens (tertiary/aromatic N) is 4. The number of aryl methyl sites for hydroxylation is 2. The molecule has 2 fully saturated rings. The van der Waals surface area contributed by atoms with Crippen molar-refractivity contribution in [3.63, 3.8) is 0 Å². The molecule has 0 aliphatic carbocycles. The van der Waals surface area contributed by atoms with Gasteiger partial charge in [-0.1, -0.05) is 30.3 Å². The number of nitrogens with one attached hydrogen (secondary N) is 1. The monoisotopic (exact) mass is 473 g/mol. The molecule has 9 heteroatoms. The Balaban J connectivity index is 1.27. The van der Waals surface area contributed by atoms with Crippen molar-refractivity contribution in [3.8, 4) is 0 Å². The first-order valence-corrected chi connectivity index (χ1v) is 13.4. The molecular formula is C24H35N5O3S. The summed E-state index contributed by atoms with van der Waals surface area (Å²) in [7, 11) is -3.52. The van der Waals surface area contributed by atoms with Crippen molar-refractivity contribution >= 4 is 15.9 Å². The van der Waals surface area contributed by atoms with Gasteiger partial charge in [-0.15, -0.1) is 0 Å². The number of benzene rings is 1. The van der Waals surface area contributed by atoms with Crippen molar-refractivity contribution in [3.05, 3.63) is 47.3 Å². The van der Waals surface area contributed by atoms with Gasteiger partial charge in [0.1, 0.15) is 4.90 Å². The largest absolute Gasteiger partial charge is 0.353 e. The predicted octanol–water partition coefficient (Wildman–Crippen LogP) is 2.46. The highest BCUT2D eigenvalue weighted by Crippen LogP contribution is 2.26. The lowest BCUT2D eigenvalue weighted by Gasteiger charge is -2.32. The van der Waals surface area contributed by atoms with E-state index in [1.165, 1.54) is 5.56 Å². The smallest absolute Gasteiger partial charge is 0.246 e. The van der Waals surface area contributed by atoms with E-state index < -0.39 is 10.0 Å². The number of sulfonamides is 1. The Kier molecular flexibility index (Phi) is 7.51. The third kappa shape index (κ3) is 5.65. The van der Waals surface area contributed by atoms with E-state index in [1.807, 2.05) is 6.07 Å². The molecule has 0 atom stereocenters. The zero-order chi connectivity index (χ0) is 23.4. The van der Waals surface area contributed by atoms with Gasteiger partial charge in [-0.2, -0.15) is 9.40 Å². The average molecular weight is 474 g/mol. The number of amides is 1. The van der Waals surface area contributed by atoms with Gasteiger partial charge in [-0.05, 0) is 45.1 Å². The normalized spacial score (nSPS) is 18.6. The van der Waals surface area contributed by atoms with E-state index in [0.717, 1.165) is 45.3 Å². The molecule has 0 radical (unpaired) electrons. The van der Waals surface area contributed by atoms with Gasteiger partial charge >= 0.3 is 0 Å². The van der Waals surface area contributed by atoms with Gasteiger partial charge in [-0.25, -0.2) is 8.42 Å². The van der Waals surface area contributed by atoms with Gasteiger partial charge in [0.15, 0.2) is 0 Å². The van der Waals surface area contributed by atoms with E-state index in [9.17, 15) is 13.2 Å². The van der Waals surface area contributed by atoms with Crippen LogP contribution in [0.15, 0.2) is 35.2 Å². The molecule has 3 heterocycles. The lowest BCUT2D eigenvalue weighted by Crippen LogP contribution is -2.44. The summed E-state index contributed by atoms with van der Waals surface area (Å²) in [5, 5.41) is 7.60. The molecule has 8 nitrogen and oxygen atoms in total. The molecule has 2 aromatic rings. The molecule has 33 heavy (non-hydrogen) atoms. The summed E-state index contributed by atoms with van der Waals surface area (Å²) in [6.07, 6.45) is 3.97. The molecule has 1 aromatic heterocycles. The SMILES string of the molecule is Cc1nn(CCC(=O)NC2CCN(Cc3ccccc3)CC2)c(C)c1S(=O)(=O)N1CCCC1. The predicted molar refractivity (Wildman–Crippen MR) is 127 cm³/mol. The Morgan fingerprint density at radius 1 is 1.06 bits per heavy atom. The van der Waals surface area contributed by atoms with Crippen molar-refractivity contribution in [2.24, 2.45) is 0 Å². The first-order chi connectivity index (χ1) is 15.8. The van der Waals surface area contributed by atoms with E-state index in [2.05, 4.69) is 39.6 Å². The summed E-state index contributed by atoms with van der Waals surface area (Å²) in [5.74, 6) is -0.00647. The zero-order valence-corrected chi connectivity index (χ0v) is 20.5. The third-order valence-corrected chi connectivity index (χ3v) is 8.88. The van der Waals surface area contributed by atoms with Crippen LogP contribution in [-0.2, 0) is 27.9 Å². The Morgan fingerprint density at radius 3 is 2.39 bits per heavy atom. The van der Waals surface area contributed by atoms with Crippen LogP contribution in [0.5, 0.6) is 0 Å². The number of hydrogen-bond acceptors (Lipinski definition) is 5. The lowest BCUT2D eigenvalue weighted by molar-refractivity contribution is -0.122. The van der Waals surface area contributed by atoms with E-state index in [4.69, 9.17) is 0 Å². The first kappa shape index (κ1) is 23.9. The molecule has 0 unspecified atom stereocenters. The molecule has 2 saturated heterocycles. The van der Waals surface area contributed by atoms with E-state index in [1.54, 1.807) is 22.8 Å². The fraction of sp³-hybridized carbons (Fsp3) is 0.583. The van der Waals surface area contributed by atoms with Gasteiger partial charge < -0.3 is 5.32 Å². The molecule has 1 N–H and O–H groups in total. The maximum absolute atomic E-state index is 13.0. The fourth-order valence-corrected chi connectivity index (χ4v) is 6.80. The lowest BCUT2D eigenvalue weighted by atomic mass is 10.0. The standard InChI is InChI=1S/C24H35N5O3S/c1-19-24(33(31,32)28-13-6-7-14-28)20(2)29(26-19)17-12-23(30)25-22-10-15-27(16-11-22)18-21-8-4-3-5-9-21/h3-5,8-9,22H,6-7,10-18H2,1-2H3,(H,25,30). The van der Waals surface area contributed by atoms with Crippen LogP contribution in [0.25, 0.3) is 0 Å². The number of likely N-dealkylation sites (tertiary alicyclic amines) is 1. The van der Waals surface area contributed by atoms with Gasteiger partial charge in [0, 0.05) is 45.2 Å². The average Bonchev–Trinajstić information content (AvgIpc) is 3.43. The van der Waals surface area contributed by atoms with Crippen LogP contribution in [0.3, 0.4) is 0 Å².